The molecule has 1 N–H and O–H groups in total. The number of amides is 2. The maximum atomic E-state index is 13.6. The molecule has 0 radical (unpaired) electrons. The molecule has 2 atom stereocenters. The minimum Gasteiger partial charge on any atom is -0.352 e. The van der Waals surface area contributed by atoms with Gasteiger partial charge in [-0.1, -0.05) is 61.3 Å². The van der Waals surface area contributed by atoms with E-state index in [2.05, 4.69) is 5.32 Å². The molecule has 0 saturated heterocycles. The number of nitrogens with zero attached hydrogens (tertiary/aromatic N) is 2. The van der Waals surface area contributed by atoms with Crippen LogP contribution < -0.4 is 9.62 Å². The number of benzene rings is 2. The molecule has 0 aliphatic carbocycles. The van der Waals surface area contributed by atoms with Crippen molar-refractivity contribution < 1.29 is 18.0 Å². The van der Waals surface area contributed by atoms with Gasteiger partial charge in [0, 0.05) is 22.6 Å². The fraction of sp³-hybridized carbons (Fsp3) is 0.417. The van der Waals surface area contributed by atoms with Gasteiger partial charge in [0.25, 0.3) is 0 Å². The van der Waals surface area contributed by atoms with Gasteiger partial charge < -0.3 is 10.2 Å². The van der Waals surface area contributed by atoms with Crippen molar-refractivity contribution in [2.75, 3.05) is 17.1 Å². The summed E-state index contributed by atoms with van der Waals surface area (Å²) in [6.45, 7) is 5.21. The van der Waals surface area contributed by atoms with E-state index in [1.165, 1.54) is 11.0 Å². The molecule has 2 aromatic carbocycles. The van der Waals surface area contributed by atoms with Gasteiger partial charge in [0.2, 0.25) is 21.8 Å². The van der Waals surface area contributed by atoms with Crippen LogP contribution in [-0.4, -0.2) is 50.0 Å². The van der Waals surface area contributed by atoms with Gasteiger partial charge in [-0.15, -0.1) is 0 Å². The van der Waals surface area contributed by atoms with Crippen LogP contribution in [0.1, 0.15) is 39.2 Å². The molecule has 0 aliphatic heterocycles. The molecule has 0 spiro atoms. The second-order valence-corrected chi connectivity index (χ2v) is 10.9. The van der Waals surface area contributed by atoms with Crippen molar-refractivity contribution in [1.82, 2.24) is 10.2 Å². The number of anilines is 1. The molecule has 2 rings (SSSR count). The third kappa shape index (κ3) is 7.61. The average molecular weight is 529 g/mol. The summed E-state index contributed by atoms with van der Waals surface area (Å²) in [5.41, 5.74) is 0.916. The Kier molecular flexibility index (Phi) is 10.2. The Hall–Kier alpha value is -2.29. The Morgan fingerprint density at radius 1 is 1.03 bits per heavy atom. The summed E-state index contributed by atoms with van der Waals surface area (Å²) >= 11 is 12.4. The number of nitrogens with one attached hydrogen (secondary N) is 1. The van der Waals surface area contributed by atoms with Gasteiger partial charge in [-0.3, -0.25) is 13.9 Å². The van der Waals surface area contributed by atoms with Gasteiger partial charge in [-0.2, -0.15) is 0 Å². The van der Waals surface area contributed by atoms with Crippen LogP contribution in [-0.2, 0) is 26.2 Å². The maximum Gasteiger partial charge on any atom is 0.244 e. The van der Waals surface area contributed by atoms with E-state index in [0.29, 0.717) is 22.0 Å². The minimum absolute atomic E-state index is 0.0537. The Morgan fingerprint density at radius 3 is 2.26 bits per heavy atom. The van der Waals surface area contributed by atoms with Crippen molar-refractivity contribution in [3.63, 3.8) is 0 Å². The zero-order valence-corrected chi connectivity index (χ0v) is 22.1. The van der Waals surface area contributed by atoms with Crippen LogP contribution in [0.4, 0.5) is 5.69 Å². The summed E-state index contributed by atoms with van der Waals surface area (Å²) in [7, 11) is -3.82. The lowest BCUT2D eigenvalue weighted by atomic mass is 10.1. The highest BCUT2D eigenvalue weighted by molar-refractivity contribution is 7.92. The first-order valence-electron chi connectivity index (χ1n) is 11.0. The molecule has 0 saturated carbocycles. The van der Waals surface area contributed by atoms with E-state index in [9.17, 15) is 18.0 Å². The average Bonchev–Trinajstić information content (AvgIpc) is 2.77. The van der Waals surface area contributed by atoms with Crippen LogP contribution >= 0.6 is 23.2 Å². The topological polar surface area (TPSA) is 86.8 Å². The fourth-order valence-electron chi connectivity index (χ4n) is 3.42. The summed E-state index contributed by atoms with van der Waals surface area (Å²) in [4.78, 5) is 28.1. The number of rotatable bonds is 11. The third-order valence-corrected chi connectivity index (χ3v) is 7.21. The predicted octanol–water partition coefficient (Wildman–Crippen LogP) is 4.48. The molecule has 0 heterocycles. The molecule has 10 heteroatoms. The van der Waals surface area contributed by atoms with Crippen molar-refractivity contribution >= 4 is 50.7 Å². The number of carbonyl (C=O) groups is 2. The van der Waals surface area contributed by atoms with Crippen molar-refractivity contribution in [3.05, 3.63) is 64.1 Å². The fourth-order valence-corrected chi connectivity index (χ4v) is 4.64. The normalized spacial score (nSPS) is 13.1. The molecule has 2 aromatic rings. The maximum absolute atomic E-state index is 13.6. The predicted molar refractivity (Wildman–Crippen MR) is 138 cm³/mol. The van der Waals surface area contributed by atoms with E-state index in [1.54, 1.807) is 49.4 Å². The second-order valence-electron chi connectivity index (χ2n) is 8.10. The molecule has 7 nitrogen and oxygen atoms in total. The second kappa shape index (κ2) is 12.4. The van der Waals surface area contributed by atoms with E-state index in [1.807, 2.05) is 13.8 Å². The molecule has 0 fully saturated rings. The first kappa shape index (κ1) is 28.0. The van der Waals surface area contributed by atoms with Gasteiger partial charge in [0.15, 0.2) is 0 Å². The third-order valence-electron chi connectivity index (χ3n) is 5.46. The molecule has 0 unspecified atom stereocenters. The van der Waals surface area contributed by atoms with Crippen molar-refractivity contribution in [2.45, 2.75) is 52.2 Å². The van der Waals surface area contributed by atoms with Crippen molar-refractivity contribution in [1.29, 1.82) is 0 Å². The van der Waals surface area contributed by atoms with Gasteiger partial charge >= 0.3 is 0 Å². The smallest absolute Gasteiger partial charge is 0.244 e. The van der Waals surface area contributed by atoms with Gasteiger partial charge in [0.05, 0.1) is 11.9 Å². The van der Waals surface area contributed by atoms with Crippen LogP contribution in [0, 0.1) is 0 Å². The summed E-state index contributed by atoms with van der Waals surface area (Å²) in [6, 6.07) is 12.4. The molecule has 0 aromatic heterocycles. The summed E-state index contributed by atoms with van der Waals surface area (Å²) in [6.07, 6.45) is 2.10. The minimum atomic E-state index is -3.82. The Bertz CT molecular complexity index is 1110. The SMILES string of the molecule is CC[C@@H](C)NC(=O)[C@@H](CC)N(Cc1ccccc1Cl)C(=O)CN(c1cccc(Cl)c1)S(C)(=O)=O. The quantitative estimate of drug-likeness (QED) is 0.466. The van der Waals surface area contributed by atoms with E-state index >= 15 is 0 Å². The summed E-state index contributed by atoms with van der Waals surface area (Å²) in [5, 5.41) is 3.71. The summed E-state index contributed by atoms with van der Waals surface area (Å²) < 4.78 is 26.2. The highest BCUT2D eigenvalue weighted by Gasteiger charge is 2.32. The van der Waals surface area contributed by atoms with Crippen LogP contribution in [0.15, 0.2) is 48.5 Å². The molecule has 0 aliphatic rings. The first-order chi connectivity index (χ1) is 16.0. The van der Waals surface area contributed by atoms with E-state index in [4.69, 9.17) is 23.2 Å². The molecule has 34 heavy (non-hydrogen) atoms. The monoisotopic (exact) mass is 527 g/mol. The lowest BCUT2D eigenvalue weighted by Crippen LogP contribution is -2.53. The van der Waals surface area contributed by atoms with Gasteiger partial charge in [0.1, 0.15) is 12.6 Å². The number of halogens is 2. The lowest BCUT2D eigenvalue weighted by Gasteiger charge is -2.33. The largest absolute Gasteiger partial charge is 0.352 e. The highest BCUT2D eigenvalue weighted by atomic mass is 35.5. The first-order valence-corrected chi connectivity index (χ1v) is 13.6. The standard InChI is InChI=1S/C24H31Cl2N3O4S/c1-5-17(3)27-24(31)22(6-2)28(15-18-10-7-8-13-21(18)26)23(30)16-29(34(4,32)33)20-12-9-11-19(25)14-20/h7-14,17,22H,5-6,15-16H2,1-4H3,(H,27,31)/t17-,22-/m1/s1. The summed E-state index contributed by atoms with van der Waals surface area (Å²) in [5.74, 6) is -0.831. The Morgan fingerprint density at radius 2 is 1.71 bits per heavy atom. The van der Waals surface area contributed by atoms with Crippen LogP contribution in [0.3, 0.4) is 0 Å². The van der Waals surface area contributed by atoms with Crippen molar-refractivity contribution in [2.24, 2.45) is 0 Å². The van der Waals surface area contributed by atoms with Crippen LogP contribution in [0.2, 0.25) is 10.0 Å². The van der Waals surface area contributed by atoms with Gasteiger partial charge in [-0.25, -0.2) is 8.42 Å². The molecule has 0 bridgehead atoms. The molecular weight excluding hydrogens is 497 g/mol. The van der Waals surface area contributed by atoms with Crippen LogP contribution in [0.5, 0.6) is 0 Å². The Balaban J connectivity index is 2.45. The zero-order chi connectivity index (χ0) is 25.5. The lowest BCUT2D eigenvalue weighted by molar-refractivity contribution is -0.140. The van der Waals surface area contributed by atoms with Gasteiger partial charge in [-0.05, 0) is 49.6 Å². The number of hydrogen-bond donors (Lipinski definition) is 1. The molecular formula is C24H31Cl2N3O4S. The van der Waals surface area contributed by atoms with E-state index in [0.717, 1.165) is 17.0 Å². The highest BCUT2D eigenvalue weighted by Crippen LogP contribution is 2.24. The van der Waals surface area contributed by atoms with Crippen molar-refractivity contribution in [3.8, 4) is 0 Å². The zero-order valence-electron chi connectivity index (χ0n) is 19.8. The van der Waals surface area contributed by atoms with Crippen LogP contribution in [0.25, 0.3) is 0 Å². The van der Waals surface area contributed by atoms with E-state index in [-0.39, 0.29) is 24.2 Å². The number of hydrogen-bond acceptors (Lipinski definition) is 4. The molecule has 186 valence electrons. The van der Waals surface area contributed by atoms with E-state index < -0.39 is 28.5 Å². The number of sulfonamides is 1. The Labute approximate surface area is 212 Å². The number of carbonyl (C=O) groups excluding carboxylic acids is 2. The molecule has 2 amide bonds.